The molecule has 244 valence electrons. The number of rotatable bonds is 21. The average molecular weight is 627 g/mol. The Kier molecular flexibility index (Phi) is 15.8. The Balaban J connectivity index is 1.63. The molecule has 0 unspecified atom stereocenters. The van der Waals surface area contributed by atoms with Gasteiger partial charge in [-0.1, -0.05) is 84.9 Å². The zero-order valence-electron chi connectivity index (χ0n) is 26.4. The molecule has 8 nitrogen and oxygen atoms in total. The minimum Gasteiger partial charge on any atom is -0.489 e. The second-order valence-corrected chi connectivity index (χ2v) is 11.3. The molecule has 8 heteroatoms. The first-order chi connectivity index (χ1) is 22.4. The Hall–Kier alpha value is -4.69. The van der Waals surface area contributed by atoms with Gasteiger partial charge in [0.1, 0.15) is 19.0 Å². The van der Waals surface area contributed by atoms with E-state index in [1.165, 1.54) is 0 Å². The second kappa shape index (κ2) is 20.4. The Morgan fingerprint density at radius 1 is 0.783 bits per heavy atom. The van der Waals surface area contributed by atoms with Crippen molar-refractivity contribution in [2.45, 2.75) is 63.6 Å². The first-order valence-electron chi connectivity index (χ1n) is 15.8. The van der Waals surface area contributed by atoms with Crippen LogP contribution in [0.15, 0.2) is 110 Å². The summed E-state index contributed by atoms with van der Waals surface area (Å²) in [7, 11) is 0. The number of esters is 1. The largest absolute Gasteiger partial charge is 0.489 e. The van der Waals surface area contributed by atoms with Gasteiger partial charge in [0.05, 0.1) is 24.6 Å². The summed E-state index contributed by atoms with van der Waals surface area (Å²) in [5.74, 6) is -0.996. The van der Waals surface area contributed by atoms with E-state index in [0.717, 1.165) is 16.7 Å². The van der Waals surface area contributed by atoms with Gasteiger partial charge in [-0.05, 0) is 60.9 Å². The fraction of sp³-hybridized carbons (Fsp3) is 0.342. The molecule has 3 N–H and O–H groups in total. The highest BCUT2D eigenvalue weighted by molar-refractivity contribution is 5.86. The van der Waals surface area contributed by atoms with Crippen LogP contribution in [0.4, 0.5) is 0 Å². The van der Waals surface area contributed by atoms with E-state index in [4.69, 9.17) is 9.47 Å². The van der Waals surface area contributed by atoms with Crippen molar-refractivity contribution in [2.75, 3.05) is 13.2 Å². The third-order valence-corrected chi connectivity index (χ3v) is 7.40. The van der Waals surface area contributed by atoms with Gasteiger partial charge in [0, 0.05) is 12.8 Å². The number of nitrogens with one attached hydrogen (secondary N) is 2. The van der Waals surface area contributed by atoms with E-state index in [-0.39, 0.29) is 50.3 Å². The van der Waals surface area contributed by atoms with Gasteiger partial charge in [0.2, 0.25) is 11.8 Å². The molecule has 0 aromatic heterocycles. The minimum absolute atomic E-state index is 0.0123. The Labute approximate surface area is 272 Å². The van der Waals surface area contributed by atoms with E-state index >= 15 is 0 Å². The Morgan fingerprint density at radius 3 is 2.04 bits per heavy atom. The van der Waals surface area contributed by atoms with Gasteiger partial charge in [-0.25, -0.2) is 0 Å². The molecule has 0 aliphatic carbocycles. The van der Waals surface area contributed by atoms with Crippen LogP contribution in [0.2, 0.25) is 0 Å². The van der Waals surface area contributed by atoms with Crippen LogP contribution in [-0.2, 0) is 38.6 Å². The molecule has 0 saturated heterocycles. The number of aliphatic hydroxyl groups excluding tert-OH is 1. The first-order valence-corrected chi connectivity index (χ1v) is 15.8. The highest BCUT2D eigenvalue weighted by Gasteiger charge is 2.25. The average Bonchev–Trinajstić information content (AvgIpc) is 3.07. The van der Waals surface area contributed by atoms with Crippen molar-refractivity contribution >= 4 is 17.8 Å². The molecular formula is C38H46N2O6. The standard InChI is InChI=1S/C38H46N2O6/c1-3-5-8-18-37(43)46-28-34(24-30-19-21-35(22-20-30)45-27-31-16-11-7-12-17-31)40-38(44)32(13-4-2)25-36(42)39-33(26-41)23-29-14-9-6-10-15-29/h3-4,6-7,9-12,14-17,19-22,32-34,41H,1-2,5,8,13,18,23-28H2,(H,39,42)(H,40,44)/t32-,33+,34+/m1/s1. The molecule has 0 heterocycles. The second-order valence-electron chi connectivity index (χ2n) is 11.3. The van der Waals surface area contributed by atoms with Gasteiger partial charge < -0.3 is 25.2 Å². The first kappa shape index (κ1) is 35.8. The van der Waals surface area contributed by atoms with Gasteiger partial charge in [0.25, 0.3) is 0 Å². The molecule has 0 bridgehead atoms. The van der Waals surface area contributed by atoms with Crippen LogP contribution in [0.5, 0.6) is 5.75 Å². The van der Waals surface area contributed by atoms with Crippen LogP contribution in [0.25, 0.3) is 0 Å². The lowest BCUT2D eigenvalue weighted by molar-refractivity contribution is -0.145. The fourth-order valence-electron chi connectivity index (χ4n) is 4.93. The Bertz CT molecular complexity index is 1360. The smallest absolute Gasteiger partial charge is 0.305 e. The molecule has 0 aliphatic rings. The lowest BCUT2D eigenvalue weighted by Gasteiger charge is -2.23. The molecule has 0 aliphatic heterocycles. The maximum Gasteiger partial charge on any atom is 0.305 e. The Morgan fingerprint density at radius 2 is 1.41 bits per heavy atom. The number of allylic oxidation sites excluding steroid dienone is 2. The van der Waals surface area contributed by atoms with E-state index in [9.17, 15) is 19.5 Å². The number of ether oxygens (including phenoxy) is 2. The summed E-state index contributed by atoms with van der Waals surface area (Å²) in [6, 6.07) is 26.0. The zero-order valence-corrected chi connectivity index (χ0v) is 26.4. The third-order valence-electron chi connectivity index (χ3n) is 7.40. The molecular weight excluding hydrogens is 580 g/mol. The highest BCUT2D eigenvalue weighted by Crippen LogP contribution is 2.17. The van der Waals surface area contributed by atoms with Crippen LogP contribution >= 0.6 is 0 Å². The van der Waals surface area contributed by atoms with Gasteiger partial charge in [-0.3, -0.25) is 14.4 Å². The summed E-state index contributed by atoms with van der Waals surface area (Å²) in [6.07, 6.45) is 6.04. The molecule has 0 fully saturated rings. The van der Waals surface area contributed by atoms with E-state index in [2.05, 4.69) is 23.8 Å². The van der Waals surface area contributed by atoms with Crippen LogP contribution in [0.3, 0.4) is 0 Å². The molecule has 46 heavy (non-hydrogen) atoms. The van der Waals surface area contributed by atoms with Crippen molar-refractivity contribution < 1.29 is 29.0 Å². The number of benzene rings is 3. The molecule has 0 radical (unpaired) electrons. The fourth-order valence-corrected chi connectivity index (χ4v) is 4.93. The molecule has 0 saturated carbocycles. The molecule has 3 rings (SSSR count). The van der Waals surface area contributed by atoms with Crippen molar-refractivity contribution in [1.29, 1.82) is 0 Å². The molecule has 3 aromatic rings. The zero-order chi connectivity index (χ0) is 33.0. The summed E-state index contributed by atoms with van der Waals surface area (Å²) in [5, 5.41) is 15.7. The van der Waals surface area contributed by atoms with Gasteiger partial charge in [-0.15, -0.1) is 13.2 Å². The normalized spacial score (nSPS) is 12.6. The number of unbranched alkanes of at least 4 members (excludes halogenated alkanes) is 1. The highest BCUT2D eigenvalue weighted by atomic mass is 16.5. The minimum atomic E-state index is -0.687. The maximum atomic E-state index is 13.5. The van der Waals surface area contributed by atoms with Crippen LogP contribution < -0.4 is 15.4 Å². The van der Waals surface area contributed by atoms with Crippen molar-refractivity contribution in [2.24, 2.45) is 5.92 Å². The topological polar surface area (TPSA) is 114 Å². The van der Waals surface area contributed by atoms with Gasteiger partial charge >= 0.3 is 5.97 Å². The van der Waals surface area contributed by atoms with E-state index in [1.54, 1.807) is 12.2 Å². The molecule has 0 spiro atoms. The third kappa shape index (κ3) is 13.5. The number of hydrogen-bond acceptors (Lipinski definition) is 6. The monoisotopic (exact) mass is 626 g/mol. The van der Waals surface area contributed by atoms with Crippen molar-refractivity contribution in [1.82, 2.24) is 10.6 Å². The lowest BCUT2D eigenvalue weighted by atomic mass is 9.98. The van der Waals surface area contributed by atoms with E-state index < -0.39 is 18.0 Å². The summed E-state index contributed by atoms with van der Waals surface area (Å²) in [5.41, 5.74) is 2.97. The summed E-state index contributed by atoms with van der Waals surface area (Å²) < 4.78 is 11.4. The number of hydrogen-bond donors (Lipinski definition) is 3. The van der Waals surface area contributed by atoms with Gasteiger partial charge in [0.15, 0.2) is 0 Å². The summed E-state index contributed by atoms with van der Waals surface area (Å²) >= 11 is 0. The van der Waals surface area contributed by atoms with Crippen LogP contribution in [0.1, 0.15) is 48.8 Å². The van der Waals surface area contributed by atoms with Crippen LogP contribution in [0, 0.1) is 5.92 Å². The number of carbonyl (C=O) groups excluding carboxylic acids is 3. The maximum absolute atomic E-state index is 13.5. The molecule has 2 amide bonds. The lowest BCUT2D eigenvalue weighted by Crippen LogP contribution is -2.45. The number of amides is 2. The van der Waals surface area contributed by atoms with Crippen molar-refractivity contribution in [3.8, 4) is 5.75 Å². The predicted molar refractivity (Wildman–Crippen MR) is 180 cm³/mol. The predicted octanol–water partition coefficient (Wildman–Crippen LogP) is 5.49. The molecule has 3 atom stereocenters. The quantitative estimate of drug-likeness (QED) is 0.0819. The molecule has 3 aromatic carbocycles. The van der Waals surface area contributed by atoms with E-state index in [0.29, 0.717) is 38.0 Å². The van der Waals surface area contributed by atoms with E-state index in [1.807, 2.05) is 84.9 Å². The summed E-state index contributed by atoms with van der Waals surface area (Å²) in [4.78, 5) is 38.8. The van der Waals surface area contributed by atoms with Gasteiger partial charge in [-0.2, -0.15) is 0 Å². The summed E-state index contributed by atoms with van der Waals surface area (Å²) in [6.45, 7) is 7.66. The number of carbonyl (C=O) groups is 3. The SMILES string of the molecule is C=CCCCC(=O)OC[C@H](Cc1ccc(OCc2ccccc2)cc1)NC(=O)[C@H](CC=C)CC(=O)N[C@H](CO)Cc1ccccc1. The number of aliphatic hydroxyl groups is 1. The van der Waals surface area contributed by atoms with Crippen molar-refractivity contribution in [3.05, 3.63) is 127 Å². The van der Waals surface area contributed by atoms with Crippen molar-refractivity contribution in [3.63, 3.8) is 0 Å². The van der Waals surface area contributed by atoms with Crippen LogP contribution in [-0.4, -0.2) is 48.2 Å².